The van der Waals surface area contributed by atoms with Crippen molar-refractivity contribution in [2.75, 3.05) is 5.32 Å². The average Bonchev–Trinajstić information content (AvgIpc) is 2.42. The number of aromatic carboxylic acids is 1. The summed E-state index contributed by atoms with van der Waals surface area (Å²) in [6.45, 7) is 1.88. The van der Waals surface area contributed by atoms with E-state index in [-0.39, 0.29) is 11.6 Å². The smallest absolute Gasteiger partial charge is 0.354 e. The molecule has 0 saturated carbocycles. The lowest BCUT2D eigenvalue weighted by Crippen LogP contribution is -2.13. The van der Waals surface area contributed by atoms with Gasteiger partial charge in [-0.1, -0.05) is 15.9 Å². The Balaban J connectivity index is 2.21. The van der Waals surface area contributed by atoms with Crippen LogP contribution in [0, 0.1) is 6.92 Å². The monoisotopic (exact) mass is 334 g/mol. The SMILES string of the molecule is Cc1cc(C(=O)Nc2ccnc(C(=O)O)c2)ccc1Br. The molecule has 1 amide bonds. The third kappa shape index (κ3) is 3.21. The minimum atomic E-state index is -1.14. The lowest BCUT2D eigenvalue weighted by Gasteiger charge is -2.07. The topological polar surface area (TPSA) is 79.3 Å². The second-order valence-corrected chi connectivity index (χ2v) is 5.01. The maximum absolute atomic E-state index is 12.1. The zero-order valence-electron chi connectivity index (χ0n) is 10.6. The summed E-state index contributed by atoms with van der Waals surface area (Å²) in [6, 6.07) is 8.08. The quantitative estimate of drug-likeness (QED) is 0.903. The van der Waals surface area contributed by atoms with Gasteiger partial charge in [0.15, 0.2) is 0 Å². The third-order valence-corrected chi connectivity index (χ3v) is 3.55. The van der Waals surface area contributed by atoms with Gasteiger partial charge in [-0.2, -0.15) is 0 Å². The van der Waals surface area contributed by atoms with E-state index in [0.717, 1.165) is 10.0 Å². The summed E-state index contributed by atoms with van der Waals surface area (Å²) < 4.78 is 0.922. The molecule has 0 bridgehead atoms. The number of aromatic nitrogens is 1. The van der Waals surface area contributed by atoms with Gasteiger partial charge in [-0.05, 0) is 42.8 Å². The number of carbonyl (C=O) groups is 2. The Morgan fingerprint density at radius 2 is 2.00 bits per heavy atom. The molecular formula is C14H11BrN2O3. The van der Waals surface area contributed by atoms with Gasteiger partial charge in [0.25, 0.3) is 5.91 Å². The molecule has 2 aromatic rings. The number of carboxylic acid groups (broad SMARTS) is 1. The average molecular weight is 335 g/mol. The van der Waals surface area contributed by atoms with Crippen LogP contribution in [-0.4, -0.2) is 22.0 Å². The van der Waals surface area contributed by atoms with Crippen molar-refractivity contribution in [1.82, 2.24) is 4.98 Å². The molecular weight excluding hydrogens is 324 g/mol. The maximum Gasteiger partial charge on any atom is 0.354 e. The summed E-state index contributed by atoms with van der Waals surface area (Å²) in [4.78, 5) is 26.6. The Morgan fingerprint density at radius 3 is 2.65 bits per heavy atom. The van der Waals surface area contributed by atoms with Gasteiger partial charge in [0.05, 0.1) is 0 Å². The maximum atomic E-state index is 12.1. The van der Waals surface area contributed by atoms with Crippen LogP contribution < -0.4 is 5.32 Å². The van der Waals surface area contributed by atoms with Crippen LogP contribution in [-0.2, 0) is 0 Å². The predicted octanol–water partition coefficient (Wildman–Crippen LogP) is 3.10. The number of benzene rings is 1. The van der Waals surface area contributed by atoms with Crippen LogP contribution in [0.5, 0.6) is 0 Å². The summed E-state index contributed by atoms with van der Waals surface area (Å²) in [5.74, 6) is -1.44. The molecule has 2 rings (SSSR count). The number of rotatable bonds is 3. The van der Waals surface area contributed by atoms with Crippen molar-refractivity contribution in [3.63, 3.8) is 0 Å². The van der Waals surface area contributed by atoms with Gasteiger partial charge in [0.1, 0.15) is 5.69 Å². The standard InChI is InChI=1S/C14H11BrN2O3/c1-8-6-9(2-3-11(8)15)13(18)17-10-4-5-16-12(7-10)14(19)20/h2-7H,1H3,(H,19,20)(H,16,17,18). The van der Waals surface area contributed by atoms with Crippen LogP contribution in [0.4, 0.5) is 5.69 Å². The number of amides is 1. The van der Waals surface area contributed by atoms with Gasteiger partial charge in [-0.3, -0.25) is 4.79 Å². The molecule has 0 unspecified atom stereocenters. The molecule has 0 saturated heterocycles. The number of carbonyl (C=O) groups excluding carboxylic acids is 1. The van der Waals surface area contributed by atoms with Crippen molar-refractivity contribution in [3.05, 3.63) is 57.8 Å². The van der Waals surface area contributed by atoms with Gasteiger partial charge in [-0.25, -0.2) is 9.78 Å². The molecule has 0 atom stereocenters. The lowest BCUT2D eigenvalue weighted by atomic mass is 10.1. The highest BCUT2D eigenvalue weighted by Crippen LogP contribution is 2.18. The first-order valence-corrected chi connectivity index (χ1v) is 6.53. The first-order valence-electron chi connectivity index (χ1n) is 5.74. The Kier molecular flexibility index (Phi) is 4.14. The molecule has 102 valence electrons. The number of nitrogens with one attached hydrogen (secondary N) is 1. The number of hydrogen-bond acceptors (Lipinski definition) is 3. The van der Waals surface area contributed by atoms with Gasteiger partial charge in [-0.15, -0.1) is 0 Å². The first kappa shape index (κ1) is 14.2. The van der Waals surface area contributed by atoms with E-state index in [1.54, 1.807) is 18.2 Å². The van der Waals surface area contributed by atoms with E-state index >= 15 is 0 Å². The van der Waals surface area contributed by atoms with Gasteiger partial charge < -0.3 is 10.4 Å². The van der Waals surface area contributed by atoms with Crippen LogP contribution in [0.15, 0.2) is 41.0 Å². The Morgan fingerprint density at radius 1 is 1.25 bits per heavy atom. The number of pyridine rings is 1. The van der Waals surface area contributed by atoms with Crippen molar-refractivity contribution < 1.29 is 14.7 Å². The molecule has 0 aliphatic carbocycles. The highest BCUT2D eigenvalue weighted by Gasteiger charge is 2.10. The van der Waals surface area contributed by atoms with Gasteiger partial charge in [0.2, 0.25) is 0 Å². The molecule has 0 radical (unpaired) electrons. The normalized spacial score (nSPS) is 10.1. The van der Waals surface area contributed by atoms with Crippen molar-refractivity contribution in [2.24, 2.45) is 0 Å². The predicted molar refractivity (Wildman–Crippen MR) is 78.0 cm³/mol. The lowest BCUT2D eigenvalue weighted by molar-refractivity contribution is 0.0690. The molecule has 2 N–H and O–H groups in total. The first-order chi connectivity index (χ1) is 9.47. The van der Waals surface area contributed by atoms with E-state index in [0.29, 0.717) is 11.3 Å². The third-order valence-electron chi connectivity index (χ3n) is 2.66. The molecule has 0 fully saturated rings. The van der Waals surface area contributed by atoms with Crippen LogP contribution in [0.2, 0.25) is 0 Å². The van der Waals surface area contributed by atoms with E-state index in [9.17, 15) is 9.59 Å². The molecule has 20 heavy (non-hydrogen) atoms. The summed E-state index contributed by atoms with van der Waals surface area (Å²) in [5.41, 5.74) is 1.72. The fraction of sp³-hybridized carbons (Fsp3) is 0.0714. The number of nitrogens with zero attached hydrogens (tertiary/aromatic N) is 1. The van der Waals surface area contributed by atoms with Crippen LogP contribution >= 0.6 is 15.9 Å². The molecule has 0 aliphatic rings. The van der Waals surface area contributed by atoms with Crippen LogP contribution in [0.25, 0.3) is 0 Å². The molecule has 1 heterocycles. The number of aryl methyl sites for hydroxylation is 1. The minimum absolute atomic E-state index is 0.116. The van der Waals surface area contributed by atoms with Gasteiger partial charge >= 0.3 is 5.97 Å². The molecule has 5 nitrogen and oxygen atoms in total. The van der Waals surface area contributed by atoms with Gasteiger partial charge in [0, 0.05) is 21.9 Å². The van der Waals surface area contributed by atoms with Crippen LogP contribution in [0.3, 0.4) is 0 Å². The van der Waals surface area contributed by atoms with E-state index in [1.807, 2.05) is 6.92 Å². The molecule has 6 heteroatoms. The molecule has 0 aliphatic heterocycles. The summed E-state index contributed by atoms with van der Waals surface area (Å²) in [6.07, 6.45) is 1.34. The van der Waals surface area contributed by atoms with Crippen molar-refractivity contribution in [2.45, 2.75) is 6.92 Å². The van der Waals surface area contributed by atoms with E-state index in [2.05, 4.69) is 26.2 Å². The highest BCUT2D eigenvalue weighted by atomic mass is 79.9. The highest BCUT2D eigenvalue weighted by molar-refractivity contribution is 9.10. The number of halogens is 1. The van der Waals surface area contributed by atoms with E-state index < -0.39 is 5.97 Å². The summed E-state index contributed by atoms with van der Waals surface area (Å²) in [5, 5.41) is 11.5. The Hall–Kier alpha value is -2.21. The van der Waals surface area contributed by atoms with Crippen molar-refractivity contribution in [1.29, 1.82) is 0 Å². The summed E-state index contributed by atoms with van der Waals surface area (Å²) >= 11 is 3.37. The Bertz CT molecular complexity index is 686. The van der Waals surface area contributed by atoms with E-state index in [1.165, 1.54) is 18.3 Å². The minimum Gasteiger partial charge on any atom is -0.477 e. The van der Waals surface area contributed by atoms with E-state index in [4.69, 9.17) is 5.11 Å². The fourth-order valence-electron chi connectivity index (χ4n) is 1.61. The van der Waals surface area contributed by atoms with Crippen molar-refractivity contribution >= 4 is 33.5 Å². The number of hydrogen-bond donors (Lipinski definition) is 2. The number of carboxylic acids is 1. The van der Waals surface area contributed by atoms with Crippen molar-refractivity contribution in [3.8, 4) is 0 Å². The Labute approximate surface area is 123 Å². The second kappa shape index (κ2) is 5.83. The second-order valence-electron chi connectivity index (χ2n) is 4.15. The van der Waals surface area contributed by atoms with Crippen LogP contribution in [0.1, 0.15) is 26.4 Å². The zero-order chi connectivity index (χ0) is 14.7. The largest absolute Gasteiger partial charge is 0.477 e. The summed E-state index contributed by atoms with van der Waals surface area (Å²) in [7, 11) is 0. The molecule has 1 aromatic heterocycles. The molecule has 1 aromatic carbocycles. The molecule has 0 spiro atoms. The zero-order valence-corrected chi connectivity index (χ0v) is 12.1. The number of anilines is 1. The fourth-order valence-corrected chi connectivity index (χ4v) is 1.86.